The molecule has 0 heterocycles. The van der Waals surface area contributed by atoms with Gasteiger partial charge in [-0.05, 0) is 11.5 Å². The molecular formula is C12H10O5. The summed E-state index contributed by atoms with van der Waals surface area (Å²) >= 11 is 0. The predicted octanol–water partition coefficient (Wildman–Crippen LogP) is 1.70. The number of carbonyl (C=O) groups is 2. The zero-order chi connectivity index (χ0) is 12.8. The Morgan fingerprint density at radius 3 is 1.88 bits per heavy atom. The van der Waals surface area contributed by atoms with Crippen molar-refractivity contribution in [2.24, 2.45) is 0 Å². The van der Waals surface area contributed by atoms with E-state index in [1.165, 1.54) is 0 Å². The van der Waals surface area contributed by atoms with Gasteiger partial charge < -0.3 is 15.3 Å². The maximum absolute atomic E-state index is 9.37. The van der Waals surface area contributed by atoms with Crippen LogP contribution in [-0.2, 0) is 9.59 Å². The molecule has 5 heteroatoms. The molecule has 0 unspecified atom stereocenters. The summed E-state index contributed by atoms with van der Waals surface area (Å²) in [5.74, 6) is -3.30. The zero-order valence-corrected chi connectivity index (χ0v) is 8.70. The summed E-state index contributed by atoms with van der Waals surface area (Å²) in [5.41, 5.74) is 0. The van der Waals surface area contributed by atoms with Gasteiger partial charge in [0, 0.05) is 5.39 Å². The number of carboxylic acids is 2. The molecule has 88 valence electrons. The minimum Gasteiger partial charge on any atom is -0.507 e. The second-order valence-electron chi connectivity index (χ2n) is 3.11. The van der Waals surface area contributed by atoms with Crippen molar-refractivity contribution in [2.75, 3.05) is 0 Å². The van der Waals surface area contributed by atoms with Crippen LogP contribution in [0.15, 0.2) is 42.5 Å². The molecule has 3 N–H and O–H groups in total. The molecule has 17 heavy (non-hydrogen) atoms. The molecule has 0 fully saturated rings. The standard InChI is InChI=1S/C10H8O.C2H2O4/c11-10-7-3-5-8-4-1-2-6-9(8)10;3-1(4)2(5)6/h1-7,11H;(H,3,4)(H,5,6). The molecule has 0 amide bonds. The average molecular weight is 234 g/mol. The largest absolute Gasteiger partial charge is 0.507 e. The number of phenolic OH excluding ortho intramolecular Hbond substituents is 1. The van der Waals surface area contributed by atoms with E-state index in [2.05, 4.69) is 0 Å². The van der Waals surface area contributed by atoms with E-state index in [1.807, 2.05) is 36.4 Å². The number of carboxylic acid groups (broad SMARTS) is 2. The van der Waals surface area contributed by atoms with Gasteiger partial charge in [-0.1, -0.05) is 36.4 Å². The number of hydrogen-bond acceptors (Lipinski definition) is 3. The molecule has 0 radical (unpaired) electrons. The first-order valence-corrected chi connectivity index (χ1v) is 4.65. The SMILES string of the molecule is O=C(O)C(=O)O.Oc1cccc2ccccc12. The van der Waals surface area contributed by atoms with Crippen molar-refractivity contribution < 1.29 is 24.9 Å². The van der Waals surface area contributed by atoms with Gasteiger partial charge in [-0.2, -0.15) is 0 Å². The molecule has 2 aromatic carbocycles. The molecular weight excluding hydrogens is 224 g/mol. The summed E-state index contributed by atoms with van der Waals surface area (Å²) in [4.78, 5) is 18.2. The number of fused-ring (bicyclic) bond motifs is 1. The van der Waals surface area contributed by atoms with Crippen molar-refractivity contribution in [1.29, 1.82) is 0 Å². The van der Waals surface area contributed by atoms with Gasteiger partial charge in [0.15, 0.2) is 0 Å². The topological polar surface area (TPSA) is 94.8 Å². The Bertz CT molecular complexity index is 530. The lowest BCUT2D eigenvalue weighted by Gasteiger charge is -1.97. The van der Waals surface area contributed by atoms with Crippen LogP contribution >= 0.6 is 0 Å². The molecule has 2 rings (SSSR count). The van der Waals surface area contributed by atoms with Crippen LogP contribution in [0.3, 0.4) is 0 Å². The molecule has 0 aliphatic carbocycles. The maximum Gasteiger partial charge on any atom is 0.414 e. The number of aromatic hydroxyl groups is 1. The molecule has 0 saturated carbocycles. The molecule has 0 aromatic heterocycles. The summed E-state index contributed by atoms with van der Waals surface area (Å²) < 4.78 is 0. The van der Waals surface area contributed by atoms with Crippen molar-refractivity contribution in [3.8, 4) is 5.75 Å². The third-order valence-electron chi connectivity index (χ3n) is 1.95. The molecule has 0 aliphatic heterocycles. The quantitative estimate of drug-likeness (QED) is 0.603. The number of rotatable bonds is 0. The van der Waals surface area contributed by atoms with E-state index in [0.29, 0.717) is 5.75 Å². The molecule has 0 spiro atoms. The summed E-state index contributed by atoms with van der Waals surface area (Å²) in [7, 11) is 0. The van der Waals surface area contributed by atoms with Crippen molar-refractivity contribution >= 4 is 22.7 Å². The lowest BCUT2D eigenvalue weighted by atomic mass is 10.1. The smallest absolute Gasteiger partial charge is 0.414 e. The van der Waals surface area contributed by atoms with Crippen molar-refractivity contribution in [3.63, 3.8) is 0 Å². The summed E-state index contributed by atoms with van der Waals surface area (Å²) in [6.45, 7) is 0. The fourth-order valence-electron chi connectivity index (χ4n) is 1.21. The number of hydrogen-bond donors (Lipinski definition) is 3. The second-order valence-corrected chi connectivity index (χ2v) is 3.11. The van der Waals surface area contributed by atoms with E-state index in [1.54, 1.807) is 6.07 Å². The van der Waals surface area contributed by atoms with Gasteiger partial charge in [-0.15, -0.1) is 0 Å². The summed E-state index contributed by atoms with van der Waals surface area (Å²) in [6.07, 6.45) is 0. The number of aliphatic carboxylic acids is 2. The van der Waals surface area contributed by atoms with E-state index >= 15 is 0 Å². The Balaban J connectivity index is 0.000000209. The summed E-state index contributed by atoms with van der Waals surface area (Å²) in [5, 5.41) is 26.1. The van der Waals surface area contributed by atoms with Crippen LogP contribution in [0.2, 0.25) is 0 Å². The third-order valence-corrected chi connectivity index (χ3v) is 1.95. The highest BCUT2D eigenvalue weighted by molar-refractivity contribution is 6.27. The molecule has 0 atom stereocenters. The molecule has 2 aromatic rings. The van der Waals surface area contributed by atoms with Crippen LogP contribution in [0.5, 0.6) is 5.75 Å². The minimum absolute atomic E-state index is 0.350. The van der Waals surface area contributed by atoms with Gasteiger partial charge in [0.05, 0.1) is 0 Å². The first-order valence-electron chi connectivity index (χ1n) is 4.65. The van der Waals surface area contributed by atoms with E-state index in [9.17, 15) is 5.11 Å². The highest BCUT2D eigenvalue weighted by Crippen LogP contribution is 2.22. The fourth-order valence-corrected chi connectivity index (χ4v) is 1.21. The van der Waals surface area contributed by atoms with Gasteiger partial charge >= 0.3 is 11.9 Å². The predicted molar refractivity (Wildman–Crippen MR) is 60.9 cm³/mol. The van der Waals surface area contributed by atoms with Crippen LogP contribution < -0.4 is 0 Å². The van der Waals surface area contributed by atoms with Crippen LogP contribution in [0.1, 0.15) is 0 Å². The second kappa shape index (κ2) is 5.50. The number of benzene rings is 2. The molecule has 5 nitrogen and oxygen atoms in total. The third kappa shape index (κ3) is 3.49. The van der Waals surface area contributed by atoms with Gasteiger partial charge in [0.1, 0.15) is 5.75 Å². The first-order chi connectivity index (χ1) is 8.02. The highest BCUT2D eigenvalue weighted by Gasteiger charge is 2.04. The normalized spacial score (nSPS) is 9.18. The number of phenols is 1. The zero-order valence-electron chi connectivity index (χ0n) is 8.70. The van der Waals surface area contributed by atoms with Crippen molar-refractivity contribution in [1.82, 2.24) is 0 Å². The molecule has 0 aliphatic rings. The average Bonchev–Trinajstić information content (AvgIpc) is 2.30. The minimum atomic E-state index is -1.82. The van der Waals surface area contributed by atoms with Crippen LogP contribution in [0.4, 0.5) is 0 Å². The summed E-state index contributed by atoms with van der Waals surface area (Å²) in [6, 6.07) is 13.3. The highest BCUT2D eigenvalue weighted by atomic mass is 16.4. The first kappa shape index (κ1) is 12.5. The molecule has 0 bridgehead atoms. The maximum atomic E-state index is 9.37. The van der Waals surface area contributed by atoms with E-state index in [0.717, 1.165) is 10.8 Å². The van der Waals surface area contributed by atoms with E-state index < -0.39 is 11.9 Å². The van der Waals surface area contributed by atoms with Gasteiger partial charge in [-0.25, -0.2) is 9.59 Å². The lowest BCUT2D eigenvalue weighted by Crippen LogP contribution is -2.09. The van der Waals surface area contributed by atoms with E-state index in [4.69, 9.17) is 19.8 Å². The van der Waals surface area contributed by atoms with E-state index in [-0.39, 0.29) is 0 Å². The Kier molecular flexibility index (Phi) is 4.05. The Hall–Kier alpha value is -2.56. The lowest BCUT2D eigenvalue weighted by molar-refractivity contribution is -0.159. The molecule has 0 saturated heterocycles. The van der Waals surface area contributed by atoms with Crippen LogP contribution in [0.25, 0.3) is 10.8 Å². The monoisotopic (exact) mass is 234 g/mol. The van der Waals surface area contributed by atoms with Gasteiger partial charge in [0.2, 0.25) is 0 Å². The van der Waals surface area contributed by atoms with Gasteiger partial charge in [0.25, 0.3) is 0 Å². The van der Waals surface area contributed by atoms with Gasteiger partial charge in [-0.3, -0.25) is 0 Å². The van der Waals surface area contributed by atoms with Crippen LogP contribution in [0, 0.1) is 0 Å². The van der Waals surface area contributed by atoms with Crippen molar-refractivity contribution in [3.05, 3.63) is 42.5 Å². The Labute approximate surface area is 96.6 Å². The Morgan fingerprint density at radius 1 is 0.824 bits per heavy atom. The fraction of sp³-hybridized carbons (Fsp3) is 0. The van der Waals surface area contributed by atoms with Crippen molar-refractivity contribution in [2.45, 2.75) is 0 Å². The Morgan fingerprint density at radius 2 is 1.35 bits per heavy atom. The van der Waals surface area contributed by atoms with Crippen LogP contribution in [-0.4, -0.2) is 27.3 Å².